The van der Waals surface area contributed by atoms with Crippen LogP contribution >= 0.6 is 0 Å². The maximum atomic E-state index is 3.23. The third kappa shape index (κ3) is 9.13. The van der Waals surface area contributed by atoms with E-state index >= 15 is 0 Å². The van der Waals surface area contributed by atoms with Gasteiger partial charge in [0.25, 0.3) is 0 Å². The first kappa shape index (κ1) is 29.1. The number of halogens is 2. The van der Waals surface area contributed by atoms with Gasteiger partial charge < -0.3 is 29.8 Å². The van der Waals surface area contributed by atoms with Crippen molar-refractivity contribution in [3.63, 3.8) is 0 Å². The standard InChI is InChI=1S/C12H20N.C7H9Si.2ClH.Zr/c1-11(2,3)9-7-13-8-10(9)12(4,5)6;1-8(2)7-5-3-4-6-7;;;/h7,13H,1-6H3;3-5H,1-2H3;2*1H;/q2*-1;;;+4/p-2. The van der Waals surface area contributed by atoms with Crippen LogP contribution in [0.1, 0.15) is 52.7 Å². The summed E-state index contributed by atoms with van der Waals surface area (Å²) in [4.78, 5) is 3.09. The Morgan fingerprint density at radius 1 is 0.958 bits per heavy atom. The zero-order valence-electron chi connectivity index (χ0n) is 16.1. The van der Waals surface area contributed by atoms with Gasteiger partial charge in [-0.3, -0.25) is 0 Å². The Hall–Kier alpha value is 0.310. The van der Waals surface area contributed by atoms with Crippen molar-refractivity contribution in [2.45, 2.75) is 65.5 Å². The molecule has 0 fully saturated rings. The number of hydrogen-bond donors (Lipinski definition) is 1. The molecular weight excluding hydrogens is 432 g/mol. The Morgan fingerprint density at radius 3 is 1.75 bits per heavy atom. The van der Waals surface area contributed by atoms with E-state index in [1.165, 1.54) is 16.3 Å². The molecule has 0 saturated heterocycles. The Kier molecular flexibility index (Phi) is 14.3. The summed E-state index contributed by atoms with van der Waals surface area (Å²) in [5, 5.41) is 1.41. The van der Waals surface area contributed by atoms with Crippen LogP contribution in [-0.4, -0.2) is 18.6 Å². The predicted molar refractivity (Wildman–Crippen MR) is 96.5 cm³/mol. The second kappa shape index (κ2) is 11.8. The zero-order valence-corrected chi connectivity index (χ0v) is 21.0. The van der Waals surface area contributed by atoms with E-state index in [0.717, 1.165) is 0 Å². The molecule has 1 aliphatic carbocycles. The van der Waals surface area contributed by atoms with Gasteiger partial charge in [0.05, 0.1) is 0 Å². The minimum atomic E-state index is -0.225. The van der Waals surface area contributed by atoms with Gasteiger partial charge in [0.2, 0.25) is 0 Å². The minimum absolute atomic E-state index is 0. The Labute approximate surface area is 182 Å². The molecule has 0 atom stereocenters. The molecule has 0 bridgehead atoms. The van der Waals surface area contributed by atoms with Gasteiger partial charge in [-0.05, 0) is 13.8 Å². The maximum Gasteiger partial charge on any atom is 4.00 e. The van der Waals surface area contributed by atoms with Gasteiger partial charge in [0.15, 0.2) is 0 Å². The number of rotatable bonds is 0. The Balaban J connectivity index is -0.000000353. The SMILES string of the molecule is CC(C)(C)c1[c-][nH]cc1C(C)(C)C.C[Si](C)=C1[C-]=CC=C1.[Cl-].[Cl-].[Zr+4]. The normalized spacial score (nSPS) is 12.4. The second-order valence-electron chi connectivity index (χ2n) is 7.79. The molecule has 0 radical (unpaired) electrons. The van der Waals surface area contributed by atoms with Crippen molar-refractivity contribution in [2.75, 3.05) is 0 Å². The maximum absolute atomic E-state index is 3.23. The fourth-order valence-corrected chi connectivity index (χ4v) is 2.95. The second-order valence-corrected chi connectivity index (χ2v) is 10.3. The van der Waals surface area contributed by atoms with E-state index in [0.29, 0.717) is 0 Å². The molecule has 0 saturated carbocycles. The summed E-state index contributed by atoms with van der Waals surface area (Å²) >= 11 is 0. The predicted octanol–water partition coefficient (Wildman–Crippen LogP) is -1.16. The monoisotopic (exact) mass is 459 g/mol. The molecule has 1 heterocycles. The van der Waals surface area contributed by atoms with Crippen LogP contribution in [-0.2, 0) is 37.0 Å². The fraction of sp³-hybridized carbons (Fsp3) is 0.526. The van der Waals surface area contributed by atoms with Crippen molar-refractivity contribution in [1.29, 1.82) is 0 Å². The molecule has 1 N–H and O–H groups in total. The third-order valence-corrected chi connectivity index (χ3v) is 4.77. The molecule has 0 aliphatic heterocycles. The third-order valence-electron chi connectivity index (χ3n) is 3.38. The number of aromatic amines is 1. The molecule has 1 aromatic rings. The zero-order chi connectivity index (χ0) is 16.3. The Morgan fingerprint density at radius 2 is 1.50 bits per heavy atom. The van der Waals surface area contributed by atoms with Gasteiger partial charge in [-0.1, -0.05) is 60.1 Å². The number of nitrogens with one attached hydrogen (secondary N) is 1. The Bertz CT molecular complexity index is 526. The van der Waals surface area contributed by atoms with Crippen LogP contribution in [0.15, 0.2) is 24.4 Å². The van der Waals surface area contributed by atoms with Crippen molar-refractivity contribution >= 4 is 13.6 Å². The van der Waals surface area contributed by atoms with E-state index in [1.54, 1.807) is 0 Å². The first-order chi connectivity index (χ1) is 9.53. The first-order valence-corrected chi connectivity index (χ1v) is 10.1. The van der Waals surface area contributed by atoms with Crippen LogP contribution in [0.25, 0.3) is 0 Å². The average Bonchev–Trinajstić information content (AvgIpc) is 3.00. The van der Waals surface area contributed by atoms with Crippen LogP contribution < -0.4 is 24.8 Å². The number of aromatic nitrogens is 1. The largest absolute Gasteiger partial charge is 4.00 e. The molecule has 0 spiro atoms. The number of allylic oxidation sites excluding steroid dienone is 4. The number of H-pyrrole nitrogens is 1. The van der Waals surface area contributed by atoms with Gasteiger partial charge in [-0.25, -0.2) is 12.2 Å². The van der Waals surface area contributed by atoms with Gasteiger partial charge in [-0.15, -0.1) is 18.0 Å². The van der Waals surface area contributed by atoms with Crippen molar-refractivity contribution in [3.05, 3.63) is 47.8 Å². The van der Waals surface area contributed by atoms with Crippen molar-refractivity contribution in [1.82, 2.24) is 4.98 Å². The molecule has 5 heteroatoms. The van der Waals surface area contributed by atoms with Gasteiger partial charge in [-0.2, -0.15) is 22.9 Å². The summed E-state index contributed by atoms with van der Waals surface area (Å²) in [7, 11) is -0.225. The summed E-state index contributed by atoms with van der Waals surface area (Å²) in [6.07, 6.45) is 14.7. The molecule has 1 aliphatic rings. The van der Waals surface area contributed by atoms with Gasteiger partial charge in [0, 0.05) is 0 Å². The molecule has 0 amide bonds. The summed E-state index contributed by atoms with van der Waals surface area (Å²) in [5.41, 5.74) is 3.07. The van der Waals surface area contributed by atoms with Crippen molar-refractivity contribution in [3.8, 4) is 0 Å². The van der Waals surface area contributed by atoms with Crippen LogP contribution in [0.2, 0.25) is 13.1 Å². The van der Waals surface area contributed by atoms with Crippen molar-refractivity contribution in [2.24, 2.45) is 0 Å². The molecule has 1 aromatic heterocycles. The molecule has 2 rings (SSSR count). The van der Waals surface area contributed by atoms with Gasteiger partial charge >= 0.3 is 26.2 Å². The van der Waals surface area contributed by atoms with Crippen LogP contribution in [0.4, 0.5) is 0 Å². The van der Waals surface area contributed by atoms with Crippen LogP contribution in [0.3, 0.4) is 0 Å². The van der Waals surface area contributed by atoms with Gasteiger partial charge in [0.1, 0.15) is 0 Å². The quantitative estimate of drug-likeness (QED) is 0.371. The van der Waals surface area contributed by atoms with Crippen LogP contribution in [0.5, 0.6) is 0 Å². The van der Waals surface area contributed by atoms with E-state index in [1.807, 2.05) is 12.2 Å². The van der Waals surface area contributed by atoms with E-state index in [-0.39, 0.29) is 70.3 Å². The summed E-state index contributed by atoms with van der Waals surface area (Å²) in [6.45, 7) is 17.9. The smallest absolute Gasteiger partial charge is 1.00 e. The summed E-state index contributed by atoms with van der Waals surface area (Å²) in [5.74, 6) is 0. The number of hydrogen-bond acceptors (Lipinski definition) is 0. The summed E-state index contributed by atoms with van der Waals surface area (Å²) in [6, 6.07) is 0. The molecule has 0 aromatic carbocycles. The molecule has 0 unspecified atom stereocenters. The van der Waals surface area contributed by atoms with E-state index < -0.39 is 0 Å². The molecule has 1 nitrogen and oxygen atoms in total. The summed E-state index contributed by atoms with van der Waals surface area (Å²) < 4.78 is 0. The molecular formula is C19H29Cl2NSiZr. The minimum Gasteiger partial charge on any atom is -1.00 e. The average molecular weight is 462 g/mol. The van der Waals surface area contributed by atoms with E-state index in [9.17, 15) is 0 Å². The van der Waals surface area contributed by atoms with Crippen LogP contribution in [0, 0.1) is 12.3 Å². The topological polar surface area (TPSA) is 15.8 Å². The fourth-order valence-electron chi connectivity index (χ4n) is 2.14. The van der Waals surface area contributed by atoms with E-state index in [4.69, 9.17) is 0 Å². The molecule has 132 valence electrons. The van der Waals surface area contributed by atoms with Crippen molar-refractivity contribution < 1.29 is 51.0 Å². The molecule has 24 heavy (non-hydrogen) atoms. The first-order valence-electron chi connectivity index (χ1n) is 7.57. The van der Waals surface area contributed by atoms with E-state index in [2.05, 4.69) is 84.2 Å².